The van der Waals surface area contributed by atoms with E-state index in [2.05, 4.69) is 4.99 Å². The maximum Gasteiger partial charge on any atom is 0.274 e. The number of rotatable bonds is 6. The van der Waals surface area contributed by atoms with Crippen LogP contribution in [0.3, 0.4) is 0 Å². The van der Waals surface area contributed by atoms with Gasteiger partial charge in [0, 0.05) is 18.1 Å². The SMILES string of the molecule is Cl.NC(=NCc1ccccc1)[C@@H]1CCC(=O)N1Cc1ccccc1[N+](=O)[O-]. The minimum absolute atomic E-state index is 0. The van der Waals surface area contributed by atoms with Crippen molar-refractivity contribution in [3.05, 3.63) is 75.8 Å². The fourth-order valence-electron chi connectivity index (χ4n) is 3.12. The first kappa shape index (κ1) is 20.4. The maximum atomic E-state index is 12.3. The summed E-state index contributed by atoms with van der Waals surface area (Å²) in [5, 5.41) is 11.2. The topological polar surface area (TPSA) is 102 Å². The standard InChI is InChI=1S/C19H20N4O3.ClH/c20-19(21-12-14-6-2-1-3-7-14)17-10-11-18(24)22(17)13-15-8-4-5-9-16(15)23(25)26;/h1-9,17H,10-13H2,(H2,20,21);1H/t17-;/m0./s1. The van der Waals surface area contributed by atoms with Crippen molar-refractivity contribution < 1.29 is 9.72 Å². The number of amidine groups is 1. The number of nitrogens with two attached hydrogens (primary N) is 1. The summed E-state index contributed by atoms with van der Waals surface area (Å²) in [7, 11) is 0. The number of carbonyl (C=O) groups is 1. The minimum Gasteiger partial charge on any atom is -0.386 e. The molecule has 1 atom stereocenters. The van der Waals surface area contributed by atoms with Crippen LogP contribution in [0.4, 0.5) is 5.69 Å². The molecule has 0 radical (unpaired) electrons. The predicted octanol–water partition coefficient (Wildman–Crippen LogP) is 3.07. The van der Waals surface area contributed by atoms with Gasteiger partial charge in [0.2, 0.25) is 5.91 Å². The highest BCUT2D eigenvalue weighted by Crippen LogP contribution is 2.26. The quantitative estimate of drug-likeness (QED) is 0.355. The highest BCUT2D eigenvalue weighted by Gasteiger charge is 2.34. The molecule has 1 fully saturated rings. The van der Waals surface area contributed by atoms with Crippen LogP contribution < -0.4 is 5.73 Å². The van der Waals surface area contributed by atoms with Crippen molar-refractivity contribution in [1.29, 1.82) is 0 Å². The van der Waals surface area contributed by atoms with Gasteiger partial charge in [0.15, 0.2) is 0 Å². The summed E-state index contributed by atoms with van der Waals surface area (Å²) in [6, 6.07) is 15.8. The van der Waals surface area contributed by atoms with Crippen molar-refractivity contribution in [1.82, 2.24) is 4.90 Å². The van der Waals surface area contributed by atoms with E-state index in [-0.39, 0.29) is 36.6 Å². The number of likely N-dealkylation sites (tertiary alicyclic amines) is 1. The molecule has 0 aromatic heterocycles. The molecule has 142 valence electrons. The van der Waals surface area contributed by atoms with Gasteiger partial charge in [-0.25, -0.2) is 0 Å². The molecule has 1 amide bonds. The zero-order chi connectivity index (χ0) is 18.5. The van der Waals surface area contributed by atoms with Gasteiger partial charge in [-0.2, -0.15) is 0 Å². The highest BCUT2D eigenvalue weighted by atomic mass is 35.5. The van der Waals surface area contributed by atoms with Crippen molar-refractivity contribution in [2.24, 2.45) is 10.7 Å². The summed E-state index contributed by atoms with van der Waals surface area (Å²) in [4.78, 5) is 29.1. The molecule has 3 rings (SSSR count). The second-order valence-corrected chi connectivity index (χ2v) is 6.19. The first-order valence-electron chi connectivity index (χ1n) is 8.42. The average molecular weight is 389 g/mol. The Morgan fingerprint density at radius 2 is 1.85 bits per heavy atom. The Bertz CT molecular complexity index is 842. The average Bonchev–Trinajstić information content (AvgIpc) is 3.01. The fourth-order valence-corrected chi connectivity index (χ4v) is 3.12. The summed E-state index contributed by atoms with van der Waals surface area (Å²) in [6.07, 6.45) is 0.941. The van der Waals surface area contributed by atoms with Crippen molar-refractivity contribution >= 4 is 29.8 Å². The molecule has 1 aliphatic rings. The monoisotopic (exact) mass is 388 g/mol. The van der Waals surface area contributed by atoms with E-state index in [1.165, 1.54) is 6.07 Å². The summed E-state index contributed by atoms with van der Waals surface area (Å²) >= 11 is 0. The van der Waals surface area contributed by atoms with E-state index >= 15 is 0 Å². The van der Waals surface area contributed by atoms with Gasteiger partial charge >= 0.3 is 0 Å². The number of aliphatic imine (C=N–C) groups is 1. The third kappa shape index (κ3) is 4.83. The van der Waals surface area contributed by atoms with E-state index in [0.29, 0.717) is 30.8 Å². The molecule has 0 bridgehead atoms. The van der Waals surface area contributed by atoms with Gasteiger partial charge in [0.1, 0.15) is 5.84 Å². The van der Waals surface area contributed by atoms with Crippen LogP contribution in [0.5, 0.6) is 0 Å². The van der Waals surface area contributed by atoms with Gasteiger partial charge in [0.05, 0.1) is 24.1 Å². The second-order valence-electron chi connectivity index (χ2n) is 6.19. The number of amides is 1. The highest BCUT2D eigenvalue weighted by molar-refractivity contribution is 5.93. The van der Waals surface area contributed by atoms with Gasteiger partial charge < -0.3 is 10.6 Å². The summed E-state index contributed by atoms with van der Waals surface area (Å²) in [6.45, 7) is 0.596. The zero-order valence-corrected chi connectivity index (χ0v) is 15.5. The molecule has 2 N–H and O–H groups in total. The van der Waals surface area contributed by atoms with Gasteiger partial charge in [-0.15, -0.1) is 12.4 Å². The van der Waals surface area contributed by atoms with E-state index in [4.69, 9.17) is 5.73 Å². The molecule has 2 aromatic rings. The van der Waals surface area contributed by atoms with Gasteiger partial charge in [0.25, 0.3) is 5.69 Å². The lowest BCUT2D eigenvalue weighted by molar-refractivity contribution is -0.385. The molecule has 1 saturated heterocycles. The van der Waals surface area contributed by atoms with Crippen molar-refractivity contribution in [3.63, 3.8) is 0 Å². The van der Waals surface area contributed by atoms with E-state index in [9.17, 15) is 14.9 Å². The largest absolute Gasteiger partial charge is 0.386 e. The van der Waals surface area contributed by atoms with Gasteiger partial charge in [-0.1, -0.05) is 48.5 Å². The van der Waals surface area contributed by atoms with Crippen LogP contribution in [0.25, 0.3) is 0 Å². The number of nitrogens with zero attached hydrogens (tertiary/aromatic N) is 3. The molecule has 27 heavy (non-hydrogen) atoms. The van der Waals surface area contributed by atoms with Gasteiger partial charge in [-0.3, -0.25) is 19.9 Å². The Labute approximate surface area is 163 Å². The molecule has 0 aliphatic carbocycles. The Kier molecular flexibility index (Phi) is 6.90. The molecule has 2 aromatic carbocycles. The zero-order valence-electron chi connectivity index (χ0n) is 14.7. The van der Waals surface area contributed by atoms with Crippen LogP contribution in [0.15, 0.2) is 59.6 Å². The van der Waals surface area contributed by atoms with Crippen LogP contribution in [-0.2, 0) is 17.9 Å². The van der Waals surface area contributed by atoms with E-state index in [0.717, 1.165) is 5.56 Å². The summed E-state index contributed by atoms with van der Waals surface area (Å²) in [5.74, 6) is 0.323. The molecule has 7 nitrogen and oxygen atoms in total. The summed E-state index contributed by atoms with van der Waals surface area (Å²) < 4.78 is 0. The smallest absolute Gasteiger partial charge is 0.274 e. The molecule has 0 spiro atoms. The molecule has 8 heteroatoms. The predicted molar refractivity (Wildman–Crippen MR) is 106 cm³/mol. The minimum atomic E-state index is -0.433. The van der Waals surface area contributed by atoms with Crippen molar-refractivity contribution in [3.8, 4) is 0 Å². The second kappa shape index (κ2) is 9.14. The van der Waals surface area contributed by atoms with Crippen LogP contribution >= 0.6 is 12.4 Å². The van der Waals surface area contributed by atoms with Crippen LogP contribution in [0.1, 0.15) is 24.0 Å². The number of nitro benzene ring substituents is 1. The first-order valence-corrected chi connectivity index (χ1v) is 8.42. The number of hydrogen-bond acceptors (Lipinski definition) is 4. The number of para-hydroxylation sites is 1. The number of hydrogen-bond donors (Lipinski definition) is 1. The first-order chi connectivity index (χ1) is 12.6. The van der Waals surface area contributed by atoms with E-state index in [1.807, 2.05) is 30.3 Å². The van der Waals surface area contributed by atoms with Gasteiger partial charge in [-0.05, 0) is 12.0 Å². The maximum absolute atomic E-state index is 12.3. The van der Waals surface area contributed by atoms with Crippen LogP contribution in [-0.4, -0.2) is 27.6 Å². The summed E-state index contributed by atoms with van der Waals surface area (Å²) in [5.41, 5.74) is 7.69. The number of halogens is 1. The third-order valence-corrected chi connectivity index (χ3v) is 4.49. The lowest BCUT2D eigenvalue weighted by Gasteiger charge is -2.24. The van der Waals surface area contributed by atoms with E-state index < -0.39 is 4.92 Å². The Morgan fingerprint density at radius 3 is 2.56 bits per heavy atom. The molecule has 1 aliphatic heterocycles. The van der Waals surface area contributed by atoms with Crippen LogP contribution in [0, 0.1) is 10.1 Å². The lowest BCUT2D eigenvalue weighted by atomic mass is 10.1. The number of carbonyl (C=O) groups excluding carboxylic acids is 1. The Hall–Kier alpha value is -2.93. The molecule has 1 heterocycles. The molecule has 0 unspecified atom stereocenters. The lowest BCUT2D eigenvalue weighted by Crippen LogP contribution is -2.42. The Morgan fingerprint density at radius 1 is 1.19 bits per heavy atom. The van der Waals surface area contributed by atoms with Crippen molar-refractivity contribution in [2.75, 3.05) is 0 Å². The molecular formula is C19H21ClN4O3. The molecular weight excluding hydrogens is 368 g/mol. The van der Waals surface area contributed by atoms with Crippen molar-refractivity contribution in [2.45, 2.75) is 32.0 Å². The normalized spacial score (nSPS) is 16.9. The Balaban J connectivity index is 0.00000261. The number of nitro groups is 1. The number of benzene rings is 2. The fraction of sp³-hybridized carbons (Fsp3) is 0.263. The van der Waals surface area contributed by atoms with E-state index in [1.54, 1.807) is 23.1 Å². The molecule has 0 saturated carbocycles. The van der Waals surface area contributed by atoms with Crippen LogP contribution in [0.2, 0.25) is 0 Å². The third-order valence-electron chi connectivity index (χ3n) is 4.49.